The minimum atomic E-state index is -0.491. The van der Waals surface area contributed by atoms with Crippen LogP contribution in [-0.4, -0.2) is 41.3 Å². The zero-order chi connectivity index (χ0) is 25.4. The van der Waals surface area contributed by atoms with Crippen molar-refractivity contribution < 1.29 is 34.4 Å². The average molecular weight is 490 g/mol. The van der Waals surface area contributed by atoms with Gasteiger partial charge in [0.25, 0.3) is 0 Å². The van der Waals surface area contributed by atoms with Crippen molar-refractivity contribution >= 4 is 33.5 Å². The number of rotatable bonds is 6. The third-order valence-electron chi connectivity index (χ3n) is 5.25. The van der Waals surface area contributed by atoms with Gasteiger partial charge in [-0.3, -0.25) is 9.59 Å². The first kappa shape index (κ1) is 22.5. The van der Waals surface area contributed by atoms with Gasteiger partial charge < -0.3 is 34.9 Å². The monoisotopic (exact) mass is 490 g/mol. The lowest BCUT2D eigenvalue weighted by molar-refractivity contribution is -0.116. The number of amides is 1. The van der Waals surface area contributed by atoms with Crippen molar-refractivity contribution in [2.45, 2.75) is 13.2 Å². The van der Waals surface area contributed by atoms with Crippen LogP contribution in [0.3, 0.4) is 0 Å². The van der Waals surface area contributed by atoms with Gasteiger partial charge in [0.05, 0.1) is 11.6 Å². The van der Waals surface area contributed by atoms with Crippen LogP contribution in [0.5, 0.6) is 28.7 Å². The van der Waals surface area contributed by atoms with Gasteiger partial charge in [0.1, 0.15) is 52.6 Å². The summed E-state index contributed by atoms with van der Waals surface area (Å²) in [7, 11) is 0. The van der Waals surface area contributed by atoms with Crippen molar-refractivity contribution in [1.82, 2.24) is 15.0 Å². The lowest BCUT2D eigenvalue weighted by atomic mass is 10.1. The Morgan fingerprint density at radius 3 is 2.61 bits per heavy atom. The third kappa shape index (κ3) is 4.42. The summed E-state index contributed by atoms with van der Waals surface area (Å²) in [5.41, 5.74) is 0.542. The maximum absolute atomic E-state index is 12.7. The number of hydrogen-bond acceptors (Lipinski definition) is 10. The summed E-state index contributed by atoms with van der Waals surface area (Å²) < 4.78 is 12.7. The van der Waals surface area contributed by atoms with E-state index in [0.717, 1.165) is 0 Å². The summed E-state index contributed by atoms with van der Waals surface area (Å²) in [4.78, 5) is 25.0. The fourth-order valence-electron chi connectivity index (χ4n) is 3.59. The van der Waals surface area contributed by atoms with E-state index in [1.54, 1.807) is 0 Å². The largest absolute Gasteiger partial charge is 0.508 e. The molecule has 0 aliphatic rings. The minimum Gasteiger partial charge on any atom is -0.508 e. The molecule has 12 heteroatoms. The zero-order valence-corrected chi connectivity index (χ0v) is 18.4. The topological polar surface area (TPSA) is 180 Å². The van der Waals surface area contributed by atoms with Crippen LogP contribution < -0.4 is 15.5 Å². The Morgan fingerprint density at radius 2 is 1.81 bits per heavy atom. The van der Waals surface area contributed by atoms with E-state index in [-0.39, 0.29) is 63.8 Å². The molecule has 5 aromatic rings. The molecular formula is C24H18N4O8. The molecule has 5 rings (SSSR count). The number of benzene rings is 3. The van der Waals surface area contributed by atoms with Gasteiger partial charge in [-0.25, -0.2) is 4.68 Å². The molecule has 0 aliphatic carbocycles. The van der Waals surface area contributed by atoms with E-state index in [0.29, 0.717) is 11.4 Å². The fraction of sp³-hybridized carbons (Fsp3) is 0.0833. The molecule has 0 saturated heterocycles. The molecule has 0 aliphatic heterocycles. The maximum Gasteiger partial charge on any atom is 0.246 e. The van der Waals surface area contributed by atoms with Crippen LogP contribution in [0.15, 0.2) is 63.9 Å². The molecule has 2 heterocycles. The fourth-order valence-corrected chi connectivity index (χ4v) is 3.59. The highest BCUT2D eigenvalue weighted by Crippen LogP contribution is 2.31. The molecule has 2 aromatic heterocycles. The highest BCUT2D eigenvalue weighted by molar-refractivity contribution is 5.94. The molecule has 1 amide bonds. The van der Waals surface area contributed by atoms with Crippen LogP contribution >= 0.6 is 0 Å². The van der Waals surface area contributed by atoms with Gasteiger partial charge in [0.15, 0.2) is 11.5 Å². The Balaban J connectivity index is 1.28. The Kier molecular flexibility index (Phi) is 5.53. The molecule has 182 valence electrons. The van der Waals surface area contributed by atoms with Gasteiger partial charge in [-0.1, -0.05) is 5.21 Å². The van der Waals surface area contributed by atoms with E-state index in [1.807, 2.05) is 0 Å². The van der Waals surface area contributed by atoms with E-state index in [1.165, 1.54) is 59.4 Å². The van der Waals surface area contributed by atoms with Gasteiger partial charge in [-0.05, 0) is 30.3 Å². The normalized spacial score (nSPS) is 11.1. The molecule has 0 spiro atoms. The number of aromatic hydroxyl groups is 4. The summed E-state index contributed by atoms with van der Waals surface area (Å²) in [6.45, 7) is -0.219. The predicted octanol–water partition coefficient (Wildman–Crippen LogP) is 2.58. The SMILES string of the molecule is O=C(Cn1cc(COc2cc(O)c3c(=O)c4cc(O)ccc4oc3c2)nn1)Nc1ccc(O)c(O)c1. The van der Waals surface area contributed by atoms with Crippen molar-refractivity contribution in [2.75, 3.05) is 5.32 Å². The first-order valence-electron chi connectivity index (χ1n) is 10.5. The summed E-state index contributed by atoms with van der Waals surface area (Å²) >= 11 is 0. The lowest BCUT2D eigenvalue weighted by Gasteiger charge is -2.08. The molecule has 0 saturated carbocycles. The van der Waals surface area contributed by atoms with Gasteiger partial charge in [0, 0.05) is 23.9 Å². The summed E-state index contributed by atoms with van der Waals surface area (Å²) in [5, 5.41) is 49.4. The summed E-state index contributed by atoms with van der Waals surface area (Å²) in [5.74, 6) is -1.34. The third-order valence-corrected chi connectivity index (χ3v) is 5.25. The Labute approximate surface area is 201 Å². The number of nitrogens with zero attached hydrogens (tertiary/aromatic N) is 3. The maximum atomic E-state index is 12.7. The quantitative estimate of drug-likeness (QED) is 0.135. The Morgan fingerprint density at radius 1 is 0.972 bits per heavy atom. The number of aromatic nitrogens is 3. The van der Waals surface area contributed by atoms with Crippen molar-refractivity contribution in [3.05, 3.63) is 70.6 Å². The second kappa shape index (κ2) is 8.83. The van der Waals surface area contributed by atoms with Crippen molar-refractivity contribution in [2.24, 2.45) is 0 Å². The van der Waals surface area contributed by atoms with Crippen LogP contribution in [0.1, 0.15) is 5.69 Å². The zero-order valence-electron chi connectivity index (χ0n) is 18.4. The van der Waals surface area contributed by atoms with Gasteiger partial charge >= 0.3 is 0 Å². The highest BCUT2D eigenvalue weighted by Gasteiger charge is 2.15. The van der Waals surface area contributed by atoms with Crippen LogP contribution in [0, 0.1) is 0 Å². The first-order chi connectivity index (χ1) is 17.3. The van der Waals surface area contributed by atoms with Crippen molar-refractivity contribution in [3.8, 4) is 28.7 Å². The molecule has 0 unspecified atom stereocenters. The van der Waals surface area contributed by atoms with Crippen molar-refractivity contribution in [3.63, 3.8) is 0 Å². The van der Waals surface area contributed by atoms with E-state index in [4.69, 9.17) is 9.15 Å². The standard InChI is InChI=1S/C24H18N4O8/c29-14-2-4-20-16(6-14)24(34)23-19(32)7-15(8-21(23)36-20)35-11-13-9-28(27-26-13)10-22(33)25-12-1-3-17(30)18(31)5-12/h1-9,29-32H,10-11H2,(H,25,33). The number of nitrogens with one attached hydrogen (secondary N) is 1. The van der Waals surface area contributed by atoms with E-state index in [9.17, 15) is 30.0 Å². The van der Waals surface area contributed by atoms with Gasteiger partial charge in [-0.15, -0.1) is 5.10 Å². The summed E-state index contributed by atoms with van der Waals surface area (Å²) in [6.07, 6.45) is 1.49. The molecule has 36 heavy (non-hydrogen) atoms. The van der Waals surface area contributed by atoms with Crippen LogP contribution in [-0.2, 0) is 17.9 Å². The van der Waals surface area contributed by atoms with Gasteiger partial charge in [0.2, 0.25) is 11.3 Å². The predicted molar refractivity (Wildman–Crippen MR) is 126 cm³/mol. The molecular weight excluding hydrogens is 472 g/mol. The number of hydrogen-bond donors (Lipinski definition) is 5. The molecule has 0 fully saturated rings. The number of carbonyl (C=O) groups excluding carboxylic acids is 1. The molecule has 5 N–H and O–H groups in total. The van der Waals surface area contributed by atoms with Crippen LogP contribution in [0.2, 0.25) is 0 Å². The van der Waals surface area contributed by atoms with Crippen molar-refractivity contribution in [1.29, 1.82) is 0 Å². The number of anilines is 1. The molecule has 3 aromatic carbocycles. The second-order valence-electron chi connectivity index (χ2n) is 7.87. The van der Waals surface area contributed by atoms with E-state index < -0.39 is 11.3 Å². The number of phenols is 4. The smallest absolute Gasteiger partial charge is 0.246 e. The molecule has 0 bridgehead atoms. The summed E-state index contributed by atoms with van der Waals surface area (Å²) in [6, 6.07) is 10.7. The number of ether oxygens (including phenoxy) is 1. The second-order valence-corrected chi connectivity index (χ2v) is 7.87. The number of phenolic OH excluding ortho intramolecular Hbond substituents is 4. The van der Waals surface area contributed by atoms with Crippen LogP contribution in [0.25, 0.3) is 21.9 Å². The van der Waals surface area contributed by atoms with E-state index in [2.05, 4.69) is 15.6 Å². The Bertz CT molecular complexity index is 1690. The van der Waals surface area contributed by atoms with Crippen LogP contribution in [0.4, 0.5) is 5.69 Å². The molecule has 12 nitrogen and oxygen atoms in total. The molecule has 0 radical (unpaired) electrons. The lowest BCUT2D eigenvalue weighted by Crippen LogP contribution is -2.19. The van der Waals surface area contributed by atoms with Gasteiger partial charge in [-0.2, -0.15) is 0 Å². The van der Waals surface area contributed by atoms with E-state index >= 15 is 0 Å². The minimum absolute atomic E-state index is 0.0423. The highest BCUT2D eigenvalue weighted by atomic mass is 16.5. The number of carbonyl (C=O) groups is 1. The molecule has 0 atom stereocenters. The average Bonchev–Trinajstić information content (AvgIpc) is 3.27. The number of fused-ring (bicyclic) bond motifs is 2. The Hall–Kier alpha value is -5.26. The first-order valence-corrected chi connectivity index (χ1v) is 10.5.